The van der Waals surface area contributed by atoms with Crippen molar-refractivity contribution in [3.05, 3.63) is 16.7 Å². The summed E-state index contributed by atoms with van der Waals surface area (Å²) in [4.78, 5) is 7.11. The first kappa shape index (κ1) is 15.6. The summed E-state index contributed by atoms with van der Waals surface area (Å²) in [5, 5.41) is 19.4. The van der Waals surface area contributed by atoms with Gasteiger partial charge in [0, 0.05) is 18.8 Å². The predicted octanol–water partition coefficient (Wildman–Crippen LogP) is 1.75. The molecule has 0 bridgehead atoms. The van der Waals surface area contributed by atoms with Crippen LogP contribution in [0.4, 0.5) is 5.82 Å². The van der Waals surface area contributed by atoms with Crippen molar-refractivity contribution < 1.29 is 9.84 Å². The fraction of sp³-hybridized carbons (Fsp3) is 0.625. The summed E-state index contributed by atoms with van der Waals surface area (Å²) in [5.41, 5.74) is 3.17. The van der Waals surface area contributed by atoms with Crippen LogP contribution in [0, 0.1) is 11.3 Å². The van der Waals surface area contributed by atoms with Gasteiger partial charge in [0.25, 0.3) is 0 Å². The summed E-state index contributed by atoms with van der Waals surface area (Å²) in [5.74, 6) is 1.61. The maximum atomic E-state index is 9.58. The van der Waals surface area contributed by atoms with Crippen LogP contribution in [0.2, 0.25) is 0 Å². The van der Waals surface area contributed by atoms with Crippen LogP contribution in [-0.4, -0.2) is 48.8 Å². The van der Waals surface area contributed by atoms with E-state index in [1.165, 1.54) is 29.3 Å². The van der Waals surface area contributed by atoms with E-state index in [2.05, 4.69) is 11.0 Å². The van der Waals surface area contributed by atoms with Crippen LogP contribution in [0.3, 0.4) is 0 Å². The van der Waals surface area contributed by atoms with Gasteiger partial charge in [-0.25, -0.2) is 4.98 Å². The molecule has 1 aromatic rings. The normalized spacial score (nSPS) is 17.9. The minimum atomic E-state index is 0.0984. The van der Waals surface area contributed by atoms with Crippen LogP contribution in [0.1, 0.15) is 29.5 Å². The van der Waals surface area contributed by atoms with Crippen molar-refractivity contribution in [2.45, 2.75) is 30.7 Å². The highest BCUT2D eigenvalue weighted by Crippen LogP contribution is 2.36. The highest BCUT2D eigenvalue weighted by molar-refractivity contribution is 7.99. The van der Waals surface area contributed by atoms with E-state index >= 15 is 0 Å². The SMILES string of the molecule is N#Cc1c(SCCO)nc(N2CCOCC2)c2c1CCCC2. The zero-order valence-corrected chi connectivity index (χ0v) is 13.5. The first-order valence-corrected chi connectivity index (χ1v) is 8.86. The molecule has 1 saturated heterocycles. The van der Waals surface area contributed by atoms with Gasteiger partial charge in [0.05, 0.1) is 25.4 Å². The number of aromatic nitrogens is 1. The monoisotopic (exact) mass is 319 g/mol. The Morgan fingerprint density at radius 2 is 1.95 bits per heavy atom. The molecule has 118 valence electrons. The lowest BCUT2D eigenvalue weighted by atomic mass is 9.89. The zero-order chi connectivity index (χ0) is 15.4. The van der Waals surface area contributed by atoms with Crippen molar-refractivity contribution in [2.24, 2.45) is 0 Å². The number of nitriles is 1. The second-order valence-corrected chi connectivity index (χ2v) is 6.65. The van der Waals surface area contributed by atoms with Crippen molar-refractivity contribution in [1.82, 2.24) is 4.98 Å². The first-order chi connectivity index (χ1) is 10.8. The molecule has 2 aliphatic rings. The third-order valence-electron chi connectivity index (χ3n) is 4.21. The van der Waals surface area contributed by atoms with E-state index in [0.717, 1.165) is 62.0 Å². The van der Waals surface area contributed by atoms with Gasteiger partial charge in [-0.3, -0.25) is 0 Å². The lowest BCUT2D eigenvalue weighted by molar-refractivity contribution is 0.122. The molecule has 0 spiro atoms. The Labute approximate surface area is 135 Å². The second-order valence-electron chi connectivity index (χ2n) is 5.56. The zero-order valence-electron chi connectivity index (χ0n) is 12.7. The number of morpholine rings is 1. The Bertz CT molecular complexity index is 580. The van der Waals surface area contributed by atoms with Gasteiger partial charge in [-0.1, -0.05) is 0 Å². The highest BCUT2D eigenvalue weighted by Gasteiger charge is 2.25. The molecule has 1 fully saturated rings. The molecule has 0 atom stereocenters. The summed E-state index contributed by atoms with van der Waals surface area (Å²) < 4.78 is 5.45. The fourth-order valence-corrected chi connectivity index (χ4v) is 3.92. The summed E-state index contributed by atoms with van der Waals surface area (Å²) in [6.45, 7) is 3.28. The molecule has 22 heavy (non-hydrogen) atoms. The van der Waals surface area contributed by atoms with Gasteiger partial charge >= 0.3 is 0 Å². The molecule has 1 aliphatic carbocycles. The lowest BCUT2D eigenvalue weighted by Crippen LogP contribution is -2.38. The molecule has 5 nitrogen and oxygen atoms in total. The molecular weight excluding hydrogens is 298 g/mol. The number of thioether (sulfide) groups is 1. The number of hydrogen-bond acceptors (Lipinski definition) is 6. The van der Waals surface area contributed by atoms with Crippen molar-refractivity contribution in [1.29, 1.82) is 5.26 Å². The average molecular weight is 319 g/mol. The van der Waals surface area contributed by atoms with Gasteiger partial charge < -0.3 is 14.7 Å². The van der Waals surface area contributed by atoms with Gasteiger partial charge in [-0.2, -0.15) is 5.26 Å². The van der Waals surface area contributed by atoms with Crippen molar-refractivity contribution in [3.8, 4) is 6.07 Å². The number of aliphatic hydroxyl groups excluding tert-OH is 1. The molecule has 0 unspecified atom stereocenters. The molecule has 0 amide bonds. The molecule has 1 aromatic heterocycles. The molecule has 1 aliphatic heterocycles. The van der Waals surface area contributed by atoms with Crippen LogP contribution >= 0.6 is 11.8 Å². The van der Waals surface area contributed by atoms with Crippen LogP contribution in [-0.2, 0) is 17.6 Å². The average Bonchev–Trinajstić information content (AvgIpc) is 2.59. The molecule has 0 radical (unpaired) electrons. The van der Waals surface area contributed by atoms with Gasteiger partial charge in [-0.05, 0) is 36.8 Å². The molecular formula is C16H21N3O2S. The molecule has 0 aromatic carbocycles. The van der Waals surface area contributed by atoms with Crippen LogP contribution < -0.4 is 4.90 Å². The molecule has 0 saturated carbocycles. The van der Waals surface area contributed by atoms with E-state index in [1.54, 1.807) is 0 Å². The number of nitrogens with zero attached hydrogens (tertiary/aromatic N) is 3. The third-order valence-corrected chi connectivity index (χ3v) is 5.17. The third kappa shape index (κ3) is 3.07. The Morgan fingerprint density at radius 3 is 2.64 bits per heavy atom. The number of anilines is 1. The Balaban J connectivity index is 2.05. The van der Waals surface area contributed by atoms with E-state index in [1.807, 2.05) is 0 Å². The van der Waals surface area contributed by atoms with Crippen LogP contribution in [0.5, 0.6) is 0 Å². The quantitative estimate of drug-likeness (QED) is 0.853. The first-order valence-electron chi connectivity index (χ1n) is 7.87. The molecule has 2 heterocycles. The Morgan fingerprint density at radius 1 is 1.23 bits per heavy atom. The molecule has 6 heteroatoms. The standard InChI is InChI=1S/C16H21N3O2S/c17-11-14-12-3-1-2-4-13(12)15(18-16(14)22-10-7-20)19-5-8-21-9-6-19/h20H,1-10H2. The number of ether oxygens (including phenoxy) is 1. The van der Waals surface area contributed by atoms with E-state index in [-0.39, 0.29) is 6.61 Å². The van der Waals surface area contributed by atoms with Crippen molar-refractivity contribution in [3.63, 3.8) is 0 Å². The summed E-state index contributed by atoms with van der Waals surface area (Å²) in [6.07, 6.45) is 4.28. The molecule has 3 rings (SSSR count). The van der Waals surface area contributed by atoms with E-state index in [9.17, 15) is 5.26 Å². The van der Waals surface area contributed by atoms with Crippen molar-refractivity contribution >= 4 is 17.6 Å². The summed E-state index contributed by atoms with van der Waals surface area (Å²) in [7, 11) is 0. The smallest absolute Gasteiger partial charge is 0.133 e. The van der Waals surface area contributed by atoms with Gasteiger partial charge in [0.15, 0.2) is 0 Å². The molecule has 1 N–H and O–H groups in total. The number of pyridine rings is 1. The van der Waals surface area contributed by atoms with Gasteiger partial charge in [-0.15, -0.1) is 11.8 Å². The largest absolute Gasteiger partial charge is 0.396 e. The lowest BCUT2D eigenvalue weighted by Gasteiger charge is -2.32. The predicted molar refractivity (Wildman–Crippen MR) is 86.4 cm³/mol. The maximum absolute atomic E-state index is 9.58. The Hall–Kier alpha value is -1.29. The topological polar surface area (TPSA) is 69.4 Å². The van der Waals surface area contributed by atoms with E-state index in [4.69, 9.17) is 14.8 Å². The summed E-state index contributed by atoms with van der Waals surface area (Å²) >= 11 is 1.48. The van der Waals surface area contributed by atoms with E-state index in [0.29, 0.717) is 5.75 Å². The van der Waals surface area contributed by atoms with Gasteiger partial charge in [0.2, 0.25) is 0 Å². The highest BCUT2D eigenvalue weighted by atomic mass is 32.2. The number of rotatable bonds is 4. The van der Waals surface area contributed by atoms with Crippen LogP contribution in [0.25, 0.3) is 0 Å². The van der Waals surface area contributed by atoms with Crippen molar-refractivity contribution in [2.75, 3.05) is 43.6 Å². The minimum Gasteiger partial charge on any atom is -0.396 e. The fourth-order valence-electron chi connectivity index (χ4n) is 3.18. The van der Waals surface area contributed by atoms with E-state index < -0.39 is 0 Å². The Kier molecular flexibility index (Phi) is 5.19. The second kappa shape index (κ2) is 7.32. The number of fused-ring (bicyclic) bond motifs is 1. The maximum Gasteiger partial charge on any atom is 0.133 e. The minimum absolute atomic E-state index is 0.0984. The number of hydrogen-bond donors (Lipinski definition) is 1. The number of aliphatic hydroxyl groups is 1. The summed E-state index contributed by atoms with van der Waals surface area (Å²) in [6, 6.07) is 2.35. The van der Waals surface area contributed by atoms with Gasteiger partial charge in [0.1, 0.15) is 16.9 Å². The van der Waals surface area contributed by atoms with Crippen LogP contribution in [0.15, 0.2) is 5.03 Å².